The quantitative estimate of drug-likeness (QED) is 0.771. The first-order valence-electron chi connectivity index (χ1n) is 7.67. The van der Waals surface area contributed by atoms with Crippen LogP contribution in [0.3, 0.4) is 0 Å². The Morgan fingerprint density at radius 2 is 1.87 bits per heavy atom. The summed E-state index contributed by atoms with van der Waals surface area (Å²) in [6.45, 7) is 0.551. The third kappa shape index (κ3) is 3.59. The molecule has 4 heteroatoms. The highest BCUT2D eigenvalue weighted by atomic mass is 19.1. The Hall–Kier alpha value is -2.62. The number of carbonyl (C=O) groups is 1. The van der Waals surface area contributed by atoms with E-state index in [1.807, 2.05) is 42.1 Å². The smallest absolute Gasteiger partial charge is 0.224 e. The molecule has 0 aliphatic rings. The number of amides is 1. The number of carbonyl (C=O) groups excluding carboxylic acids is 1. The van der Waals surface area contributed by atoms with Gasteiger partial charge in [-0.3, -0.25) is 4.79 Å². The van der Waals surface area contributed by atoms with E-state index in [0.717, 1.165) is 22.0 Å². The summed E-state index contributed by atoms with van der Waals surface area (Å²) in [5, 5.41) is 4.04. The summed E-state index contributed by atoms with van der Waals surface area (Å²) in [6, 6.07) is 14.4. The Kier molecular flexibility index (Phi) is 4.42. The summed E-state index contributed by atoms with van der Waals surface area (Å²) in [7, 11) is 1.98. The molecular formula is C19H19FN2O. The molecular weight excluding hydrogens is 291 g/mol. The average molecular weight is 310 g/mol. The predicted molar refractivity (Wildman–Crippen MR) is 89.7 cm³/mol. The average Bonchev–Trinajstić information content (AvgIpc) is 2.86. The molecule has 2 aromatic carbocycles. The predicted octanol–water partition coefficient (Wildman–Crippen LogP) is 3.22. The van der Waals surface area contributed by atoms with Crippen LogP contribution in [-0.4, -0.2) is 17.0 Å². The van der Waals surface area contributed by atoms with Gasteiger partial charge in [-0.2, -0.15) is 0 Å². The number of para-hydroxylation sites is 1. The topological polar surface area (TPSA) is 34.0 Å². The van der Waals surface area contributed by atoms with Gasteiger partial charge in [0.15, 0.2) is 0 Å². The van der Waals surface area contributed by atoms with Crippen molar-refractivity contribution in [3.05, 3.63) is 71.7 Å². The summed E-state index contributed by atoms with van der Waals surface area (Å²) >= 11 is 0. The van der Waals surface area contributed by atoms with E-state index >= 15 is 0 Å². The molecule has 1 aromatic heterocycles. The molecule has 0 saturated carbocycles. The fraction of sp³-hybridized carbons (Fsp3) is 0.211. The van der Waals surface area contributed by atoms with Crippen LogP contribution in [0, 0.1) is 5.82 Å². The molecule has 23 heavy (non-hydrogen) atoms. The van der Waals surface area contributed by atoms with Gasteiger partial charge in [-0.15, -0.1) is 0 Å². The van der Waals surface area contributed by atoms with Crippen molar-refractivity contribution in [1.82, 2.24) is 9.88 Å². The number of nitrogens with zero attached hydrogens (tertiary/aromatic N) is 1. The third-order valence-electron chi connectivity index (χ3n) is 3.98. The van der Waals surface area contributed by atoms with E-state index in [4.69, 9.17) is 0 Å². The van der Waals surface area contributed by atoms with Crippen molar-refractivity contribution >= 4 is 16.8 Å². The van der Waals surface area contributed by atoms with Crippen LogP contribution in [0.15, 0.2) is 54.7 Å². The van der Waals surface area contributed by atoms with Gasteiger partial charge < -0.3 is 9.88 Å². The maximum atomic E-state index is 12.8. The molecule has 0 aliphatic heterocycles. The molecule has 1 N–H and O–H groups in total. The summed E-state index contributed by atoms with van der Waals surface area (Å²) < 4.78 is 14.9. The highest BCUT2D eigenvalue weighted by Crippen LogP contribution is 2.20. The summed E-state index contributed by atoms with van der Waals surface area (Å²) in [5.41, 5.74) is 3.17. The second kappa shape index (κ2) is 6.65. The minimum Gasteiger partial charge on any atom is -0.355 e. The molecule has 0 bridgehead atoms. The zero-order valence-corrected chi connectivity index (χ0v) is 13.1. The molecule has 0 unspecified atom stereocenters. The maximum absolute atomic E-state index is 12.8. The number of aromatic nitrogens is 1. The first-order valence-corrected chi connectivity index (χ1v) is 7.67. The van der Waals surface area contributed by atoms with Crippen molar-refractivity contribution < 1.29 is 9.18 Å². The number of hydrogen-bond donors (Lipinski definition) is 1. The highest BCUT2D eigenvalue weighted by Gasteiger charge is 2.10. The van der Waals surface area contributed by atoms with Crippen molar-refractivity contribution in [3.63, 3.8) is 0 Å². The molecule has 3 rings (SSSR count). The van der Waals surface area contributed by atoms with Crippen LogP contribution in [0.4, 0.5) is 4.39 Å². The standard InChI is InChI=1S/C19H19FN2O/c1-22-13-15(17-4-2-3-5-18(17)22)12-19(23)21-11-10-14-6-8-16(20)9-7-14/h2-9,13H,10-12H2,1H3,(H,21,23). The number of fused-ring (bicyclic) bond motifs is 1. The van der Waals surface area contributed by atoms with Gasteiger partial charge in [-0.05, 0) is 35.7 Å². The minimum absolute atomic E-state index is 0.00321. The lowest BCUT2D eigenvalue weighted by molar-refractivity contribution is -0.120. The van der Waals surface area contributed by atoms with Gasteiger partial charge in [0.1, 0.15) is 5.82 Å². The largest absolute Gasteiger partial charge is 0.355 e. The van der Waals surface area contributed by atoms with E-state index in [9.17, 15) is 9.18 Å². The van der Waals surface area contributed by atoms with Crippen LogP contribution in [0.2, 0.25) is 0 Å². The molecule has 0 aliphatic carbocycles. The molecule has 0 radical (unpaired) electrons. The number of halogens is 1. The van der Waals surface area contributed by atoms with E-state index in [-0.39, 0.29) is 11.7 Å². The second-order valence-electron chi connectivity index (χ2n) is 5.69. The van der Waals surface area contributed by atoms with Crippen LogP contribution >= 0.6 is 0 Å². The first kappa shape index (κ1) is 15.3. The molecule has 0 spiro atoms. The van der Waals surface area contributed by atoms with Crippen LogP contribution < -0.4 is 5.32 Å². The Morgan fingerprint density at radius 1 is 1.13 bits per heavy atom. The normalized spacial score (nSPS) is 10.9. The molecule has 0 fully saturated rings. The summed E-state index contributed by atoms with van der Waals surface area (Å²) in [5.74, 6) is -0.239. The molecule has 3 aromatic rings. The number of benzene rings is 2. The van der Waals surface area contributed by atoms with Crippen LogP contribution in [-0.2, 0) is 24.7 Å². The van der Waals surface area contributed by atoms with Gasteiger partial charge in [0.2, 0.25) is 5.91 Å². The number of nitrogens with one attached hydrogen (secondary N) is 1. The SMILES string of the molecule is Cn1cc(CC(=O)NCCc2ccc(F)cc2)c2ccccc21. The second-order valence-corrected chi connectivity index (χ2v) is 5.69. The van der Waals surface area contributed by atoms with Gasteiger partial charge in [0.25, 0.3) is 0 Å². The van der Waals surface area contributed by atoms with E-state index in [1.165, 1.54) is 12.1 Å². The molecule has 0 atom stereocenters. The summed E-state index contributed by atoms with van der Waals surface area (Å²) in [4.78, 5) is 12.1. The fourth-order valence-electron chi connectivity index (χ4n) is 2.80. The Morgan fingerprint density at radius 3 is 2.65 bits per heavy atom. The van der Waals surface area contributed by atoms with Gasteiger partial charge in [-0.25, -0.2) is 4.39 Å². The van der Waals surface area contributed by atoms with E-state index in [1.54, 1.807) is 12.1 Å². The van der Waals surface area contributed by atoms with Crippen molar-refractivity contribution in [2.24, 2.45) is 7.05 Å². The van der Waals surface area contributed by atoms with Crippen molar-refractivity contribution in [3.8, 4) is 0 Å². The number of hydrogen-bond acceptors (Lipinski definition) is 1. The third-order valence-corrected chi connectivity index (χ3v) is 3.98. The van der Waals surface area contributed by atoms with E-state index in [2.05, 4.69) is 5.32 Å². The Bertz CT molecular complexity index is 821. The van der Waals surface area contributed by atoms with Crippen LogP contribution in [0.1, 0.15) is 11.1 Å². The minimum atomic E-state index is -0.242. The maximum Gasteiger partial charge on any atom is 0.224 e. The molecule has 1 amide bonds. The highest BCUT2D eigenvalue weighted by molar-refractivity contribution is 5.89. The van der Waals surface area contributed by atoms with E-state index in [0.29, 0.717) is 19.4 Å². The monoisotopic (exact) mass is 310 g/mol. The lowest BCUT2D eigenvalue weighted by atomic mass is 10.1. The number of aryl methyl sites for hydroxylation is 1. The Labute approximate surface area is 134 Å². The molecule has 3 nitrogen and oxygen atoms in total. The molecule has 0 saturated heterocycles. The lowest BCUT2D eigenvalue weighted by Gasteiger charge is -2.05. The van der Waals surface area contributed by atoms with E-state index < -0.39 is 0 Å². The lowest BCUT2D eigenvalue weighted by Crippen LogP contribution is -2.27. The number of rotatable bonds is 5. The van der Waals surface area contributed by atoms with Crippen molar-refractivity contribution in [2.75, 3.05) is 6.54 Å². The zero-order chi connectivity index (χ0) is 16.2. The van der Waals surface area contributed by atoms with Gasteiger partial charge >= 0.3 is 0 Å². The first-order chi connectivity index (χ1) is 11.1. The van der Waals surface area contributed by atoms with Crippen LogP contribution in [0.25, 0.3) is 10.9 Å². The summed E-state index contributed by atoms with van der Waals surface area (Å²) in [6.07, 6.45) is 3.07. The van der Waals surface area contributed by atoms with Crippen LogP contribution in [0.5, 0.6) is 0 Å². The zero-order valence-electron chi connectivity index (χ0n) is 13.1. The van der Waals surface area contributed by atoms with Crippen molar-refractivity contribution in [2.45, 2.75) is 12.8 Å². The van der Waals surface area contributed by atoms with Gasteiger partial charge in [0.05, 0.1) is 6.42 Å². The Balaban J connectivity index is 1.57. The van der Waals surface area contributed by atoms with Gasteiger partial charge in [-0.1, -0.05) is 30.3 Å². The molecule has 1 heterocycles. The molecule has 118 valence electrons. The fourth-order valence-corrected chi connectivity index (χ4v) is 2.80. The van der Waals surface area contributed by atoms with Gasteiger partial charge in [0, 0.05) is 30.7 Å². The van der Waals surface area contributed by atoms with Crippen molar-refractivity contribution in [1.29, 1.82) is 0 Å².